The Morgan fingerprint density at radius 1 is 1.43 bits per heavy atom. The van der Waals surface area contributed by atoms with Crippen molar-refractivity contribution in [3.05, 3.63) is 29.2 Å². The van der Waals surface area contributed by atoms with E-state index in [2.05, 4.69) is 24.9 Å². The van der Waals surface area contributed by atoms with E-state index in [0.29, 0.717) is 23.4 Å². The number of rotatable bonds is 5. The Kier molecular flexibility index (Phi) is 3.27. The van der Waals surface area contributed by atoms with Crippen LogP contribution in [0.3, 0.4) is 0 Å². The van der Waals surface area contributed by atoms with E-state index in [0.717, 1.165) is 15.9 Å². The van der Waals surface area contributed by atoms with E-state index in [1.165, 1.54) is 12.8 Å². The van der Waals surface area contributed by atoms with Gasteiger partial charge in [-0.1, -0.05) is 23.0 Å². The van der Waals surface area contributed by atoms with Crippen LogP contribution in [-0.4, -0.2) is 24.9 Å². The Morgan fingerprint density at radius 3 is 3.10 bits per heavy atom. The number of thiophene rings is 1. The predicted octanol–water partition coefficient (Wildman–Crippen LogP) is 3.10. The lowest BCUT2D eigenvalue weighted by Gasteiger charge is -2.00. The number of nitrogens with zero attached hydrogens (tertiary/aromatic N) is 5. The first-order valence-corrected chi connectivity index (χ1v) is 8.56. The third kappa shape index (κ3) is 2.60. The summed E-state index contributed by atoms with van der Waals surface area (Å²) in [5, 5.41) is 15.4. The molecule has 0 atom stereocenters. The first-order chi connectivity index (χ1) is 10.3. The lowest BCUT2D eigenvalue weighted by Crippen LogP contribution is -1.97. The zero-order valence-corrected chi connectivity index (χ0v) is 13.0. The summed E-state index contributed by atoms with van der Waals surface area (Å²) in [4.78, 5) is 5.40. The largest absolute Gasteiger partial charge is 0.333 e. The van der Waals surface area contributed by atoms with Crippen LogP contribution in [0, 0.1) is 0 Å². The molecule has 1 fully saturated rings. The second kappa shape index (κ2) is 5.27. The van der Waals surface area contributed by atoms with Crippen molar-refractivity contribution in [2.45, 2.75) is 29.7 Å². The number of hydrogen-bond acceptors (Lipinski definition) is 7. The lowest BCUT2D eigenvalue weighted by atomic mass is 10.4. The Labute approximate surface area is 129 Å². The molecule has 8 heteroatoms. The van der Waals surface area contributed by atoms with E-state index in [-0.39, 0.29) is 0 Å². The third-order valence-electron chi connectivity index (χ3n) is 3.34. The summed E-state index contributed by atoms with van der Waals surface area (Å²) in [6.45, 7) is 0. The zero-order valence-electron chi connectivity index (χ0n) is 11.4. The van der Waals surface area contributed by atoms with Gasteiger partial charge < -0.3 is 9.09 Å². The Morgan fingerprint density at radius 2 is 2.33 bits per heavy atom. The summed E-state index contributed by atoms with van der Waals surface area (Å²) >= 11 is 3.17. The van der Waals surface area contributed by atoms with E-state index in [1.54, 1.807) is 23.1 Å². The molecule has 1 saturated carbocycles. The molecule has 0 unspecified atom stereocenters. The molecule has 0 amide bonds. The first kappa shape index (κ1) is 13.0. The van der Waals surface area contributed by atoms with E-state index < -0.39 is 0 Å². The predicted molar refractivity (Wildman–Crippen MR) is 80.2 cm³/mol. The van der Waals surface area contributed by atoms with Crippen LogP contribution >= 0.6 is 23.1 Å². The minimum Gasteiger partial charge on any atom is -0.333 e. The van der Waals surface area contributed by atoms with Crippen LogP contribution in [-0.2, 0) is 12.8 Å². The minimum absolute atomic E-state index is 0.581. The highest BCUT2D eigenvalue weighted by Gasteiger charge is 2.29. The summed E-state index contributed by atoms with van der Waals surface area (Å²) < 4.78 is 7.35. The minimum atomic E-state index is 0.581. The van der Waals surface area contributed by atoms with Crippen molar-refractivity contribution in [2.75, 3.05) is 0 Å². The molecule has 0 saturated heterocycles. The van der Waals surface area contributed by atoms with Crippen LogP contribution in [0.15, 0.2) is 27.2 Å². The summed E-state index contributed by atoms with van der Waals surface area (Å²) in [5.74, 6) is 3.58. The quantitative estimate of drug-likeness (QED) is 0.673. The van der Waals surface area contributed by atoms with Crippen LogP contribution in [0.5, 0.6) is 0 Å². The fraction of sp³-hybridized carbons (Fsp3) is 0.385. The van der Waals surface area contributed by atoms with Gasteiger partial charge in [-0.05, 0) is 24.3 Å². The molecule has 3 aromatic heterocycles. The Bertz CT molecular complexity index is 745. The van der Waals surface area contributed by atoms with Crippen molar-refractivity contribution in [1.29, 1.82) is 0 Å². The van der Waals surface area contributed by atoms with Crippen LogP contribution in [0.1, 0.15) is 30.4 Å². The molecule has 108 valence electrons. The topological polar surface area (TPSA) is 69.6 Å². The summed E-state index contributed by atoms with van der Waals surface area (Å²) in [5.41, 5.74) is 0. The highest BCUT2D eigenvalue weighted by molar-refractivity contribution is 7.98. The van der Waals surface area contributed by atoms with E-state index in [1.807, 2.05) is 24.6 Å². The van der Waals surface area contributed by atoms with Crippen molar-refractivity contribution in [2.24, 2.45) is 7.05 Å². The van der Waals surface area contributed by atoms with Crippen LogP contribution in [0.25, 0.3) is 10.8 Å². The van der Waals surface area contributed by atoms with Gasteiger partial charge in [-0.2, -0.15) is 4.98 Å². The second-order valence-electron chi connectivity index (χ2n) is 4.96. The van der Waals surface area contributed by atoms with Crippen LogP contribution in [0.2, 0.25) is 0 Å². The fourth-order valence-electron chi connectivity index (χ4n) is 2.09. The Balaban J connectivity index is 1.45. The highest BCUT2D eigenvalue weighted by Crippen LogP contribution is 2.39. The standard InChI is InChI=1S/C13H13N5OS2/c1-18-11(8-4-5-8)15-16-13(18)21-7-10-14-12(19-17-10)9-3-2-6-20-9/h2-3,6,8H,4-5,7H2,1H3. The number of hydrogen-bond donors (Lipinski definition) is 0. The molecule has 0 bridgehead atoms. The van der Waals surface area contributed by atoms with Gasteiger partial charge >= 0.3 is 0 Å². The van der Waals surface area contributed by atoms with E-state index in [9.17, 15) is 0 Å². The molecular formula is C13H13N5OS2. The Hall–Kier alpha value is -1.67. The normalized spacial score (nSPS) is 14.7. The molecule has 0 aromatic carbocycles. The summed E-state index contributed by atoms with van der Waals surface area (Å²) in [6, 6.07) is 3.94. The fourth-order valence-corrected chi connectivity index (χ4v) is 3.50. The van der Waals surface area contributed by atoms with Gasteiger partial charge in [0.1, 0.15) is 5.82 Å². The monoisotopic (exact) mass is 319 g/mol. The van der Waals surface area contributed by atoms with Crippen molar-refractivity contribution in [3.8, 4) is 10.8 Å². The maximum absolute atomic E-state index is 5.27. The van der Waals surface area contributed by atoms with E-state index >= 15 is 0 Å². The molecule has 3 heterocycles. The maximum Gasteiger partial charge on any atom is 0.268 e. The number of thioether (sulfide) groups is 1. The van der Waals surface area contributed by atoms with Gasteiger partial charge in [0.25, 0.3) is 5.89 Å². The van der Waals surface area contributed by atoms with Gasteiger partial charge in [-0.25, -0.2) is 0 Å². The molecule has 0 N–H and O–H groups in total. The molecule has 0 spiro atoms. The molecule has 6 nitrogen and oxygen atoms in total. The smallest absolute Gasteiger partial charge is 0.268 e. The summed E-state index contributed by atoms with van der Waals surface area (Å²) in [6.07, 6.45) is 2.46. The van der Waals surface area contributed by atoms with Crippen molar-refractivity contribution in [3.63, 3.8) is 0 Å². The molecule has 0 radical (unpaired) electrons. The van der Waals surface area contributed by atoms with Crippen LogP contribution in [0.4, 0.5) is 0 Å². The van der Waals surface area contributed by atoms with Crippen molar-refractivity contribution in [1.82, 2.24) is 24.9 Å². The van der Waals surface area contributed by atoms with Crippen LogP contribution < -0.4 is 0 Å². The lowest BCUT2D eigenvalue weighted by molar-refractivity contribution is 0.426. The molecule has 21 heavy (non-hydrogen) atoms. The third-order valence-corrected chi connectivity index (χ3v) is 5.22. The zero-order chi connectivity index (χ0) is 14.2. The van der Waals surface area contributed by atoms with Gasteiger partial charge in [0.15, 0.2) is 11.0 Å². The van der Waals surface area contributed by atoms with Crippen molar-refractivity contribution >= 4 is 23.1 Å². The number of aromatic nitrogens is 5. The molecule has 1 aliphatic rings. The van der Waals surface area contributed by atoms with Gasteiger partial charge in [0.05, 0.1) is 10.6 Å². The average Bonchev–Trinajstić information content (AvgIpc) is 2.94. The van der Waals surface area contributed by atoms with Gasteiger partial charge in [0.2, 0.25) is 0 Å². The van der Waals surface area contributed by atoms with Gasteiger partial charge in [-0.3, -0.25) is 0 Å². The molecule has 0 aliphatic heterocycles. The molecule has 4 rings (SSSR count). The molecule has 3 aromatic rings. The molecular weight excluding hydrogens is 306 g/mol. The average molecular weight is 319 g/mol. The highest BCUT2D eigenvalue weighted by atomic mass is 32.2. The first-order valence-electron chi connectivity index (χ1n) is 6.70. The maximum atomic E-state index is 5.27. The summed E-state index contributed by atoms with van der Waals surface area (Å²) in [7, 11) is 2.02. The second-order valence-corrected chi connectivity index (χ2v) is 6.85. The molecule has 1 aliphatic carbocycles. The van der Waals surface area contributed by atoms with E-state index in [4.69, 9.17) is 4.52 Å². The van der Waals surface area contributed by atoms with Gasteiger partial charge in [0, 0.05) is 13.0 Å². The SMILES string of the molecule is Cn1c(SCc2noc(-c3cccs3)n2)nnc1C1CC1. The van der Waals surface area contributed by atoms with Gasteiger partial charge in [-0.15, -0.1) is 21.5 Å². The van der Waals surface area contributed by atoms with Crippen molar-refractivity contribution < 1.29 is 4.52 Å².